The molecule has 0 spiro atoms. The summed E-state index contributed by atoms with van der Waals surface area (Å²) in [6.07, 6.45) is 2.06. The van der Waals surface area contributed by atoms with Crippen LogP contribution in [0.4, 0.5) is 5.69 Å². The second kappa shape index (κ2) is 4.19. The van der Waals surface area contributed by atoms with Gasteiger partial charge in [0.05, 0.1) is 11.0 Å². The lowest BCUT2D eigenvalue weighted by atomic mass is 9.78. The fourth-order valence-electron chi connectivity index (χ4n) is 3.00. The van der Waals surface area contributed by atoms with Crippen LogP contribution in [-0.2, 0) is 10.2 Å². The van der Waals surface area contributed by atoms with E-state index < -0.39 is 0 Å². The van der Waals surface area contributed by atoms with Crippen molar-refractivity contribution in [2.75, 3.05) is 5.32 Å². The Morgan fingerprint density at radius 2 is 2.09 bits per heavy atom. The van der Waals surface area contributed by atoms with E-state index in [0.717, 1.165) is 22.3 Å². The first kappa shape index (κ1) is 13.1. The zero-order valence-corrected chi connectivity index (χ0v) is 12.7. The van der Waals surface area contributed by atoms with E-state index in [4.69, 9.17) is 4.42 Å². The van der Waals surface area contributed by atoms with Crippen LogP contribution in [-0.4, -0.2) is 20.9 Å². The van der Waals surface area contributed by atoms with Crippen LogP contribution in [0.2, 0.25) is 0 Å². The average Bonchev–Trinajstić information content (AvgIpc) is 3.01. The van der Waals surface area contributed by atoms with E-state index in [0.29, 0.717) is 23.8 Å². The molecule has 0 atom stereocenters. The number of carbonyl (C=O) groups excluding carboxylic acids is 1. The molecule has 3 heterocycles. The summed E-state index contributed by atoms with van der Waals surface area (Å²) in [5.41, 5.74) is 4.16. The molecule has 1 aromatic carbocycles. The van der Waals surface area contributed by atoms with Gasteiger partial charge in [0.25, 0.3) is 0 Å². The molecule has 3 aromatic rings. The number of H-pyrrole nitrogens is 1. The molecule has 2 N–H and O–H groups in total. The summed E-state index contributed by atoms with van der Waals surface area (Å²) in [7, 11) is 0. The minimum atomic E-state index is -0.193. The van der Waals surface area contributed by atoms with E-state index >= 15 is 0 Å². The first-order chi connectivity index (χ1) is 10.4. The van der Waals surface area contributed by atoms with Crippen molar-refractivity contribution in [1.29, 1.82) is 0 Å². The lowest BCUT2D eigenvalue weighted by molar-refractivity contribution is -0.117. The van der Waals surface area contributed by atoms with Gasteiger partial charge in [0.2, 0.25) is 5.91 Å². The maximum atomic E-state index is 11.8. The molecular weight excluding hydrogens is 280 g/mol. The van der Waals surface area contributed by atoms with Crippen LogP contribution in [0.15, 0.2) is 22.8 Å². The fraction of sp³-hybridized carbons (Fsp3) is 0.312. The van der Waals surface area contributed by atoms with Crippen molar-refractivity contribution in [3.63, 3.8) is 0 Å². The van der Waals surface area contributed by atoms with Gasteiger partial charge in [-0.1, -0.05) is 13.8 Å². The summed E-state index contributed by atoms with van der Waals surface area (Å²) in [5.74, 6) is 1.31. The van der Waals surface area contributed by atoms with Crippen molar-refractivity contribution in [3.8, 4) is 11.5 Å². The summed E-state index contributed by atoms with van der Waals surface area (Å²) >= 11 is 0. The van der Waals surface area contributed by atoms with Crippen molar-refractivity contribution in [2.45, 2.75) is 32.6 Å². The molecule has 0 radical (unpaired) electrons. The summed E-state index contributed by atoms with van der Waals surface area (Å²) < 4.78 is 5.23. The third-order valence-corrected chi connectivity index (χ3v) is 4.09. The number of aryl methyl sites for hydroxylation is 1. The van der Waals surface area contributed by atoms with Crippen molar-refractivity contribution < 1.29 is 9.21 Å². The number of anilines is 1. The van der Waals surface area contributed by atoms with Crippen LogP contribution in [0.5, 0.6) is 0 Å². The molecule has 1 aliphatic rings. The molecule has 22 heavy (non-hydrogen) atoms. The number of aromatic nitrogens is 3. The van der Waals surface area contributed by atoms with E-state index in [2.05, 4.69) is 40.2 Å². The van der Waals surface area contributed by atoms with E-state index in [-0.39, 0.29) is 11.3 Å². The van der Waals surface area contributed by atoms with E-state index in [1.807, 2.05) is 6.07 Å². The standard InChI is InChI=1S/C16H16N4O2/c1-8-17-13(7-22-8)15-19-11-4-9-10(5-12(11)20-15)18-14(21)6-16(9,2)3/h4-5,7H,6H2,1-3H3,(H,18,21)(H,19,20). The predicted molar refractivity (Wildman–Crippen MR) is 82.6 cm³/mol. The number of hydrogen-bond acceptors (Lipinski definition) is 4. The molecule has 1 amide bonds. The van der Waals surface area contributed by atoms with Crippen LogP contribution in [0.25, 0.3) is 22.6 Å². The topological polar surface area (TPSA) is 83.8 Å². The van der Waals surface area contributed by atoms with Gasteiger partial charge in [0.1, 0.15) is 12.0 Å². The van der Waals surface area contributed by atoms with Gasteiger partial charge in [0.15, 0.2) is 11.7 Å². The largest absolute Gasteiger partial charge is 0.449 e. The number of rotatable bonds is 1. The molecule has 1 aliphatic heterocycles. The van der Waals surface area contributed by atoms with Crippen LogP contribution in [0.1, 0.15) is 31.7 Å². The van der Waals surface area contributed by atoms with Crippen LogP contribution >= 0.6 is 0 Å². The minimum absolute atomic E-state index is 0.0414. The monoisotopic (exact) mass is 296 g/mol. The number of aromatic amines is 1. The quantitative estimate of drug-likeness (QED) is 0.722. The highest BCUT2D eigenvalue weighted by Gasteiger charge is 2.32. The zero-order valence-electron chi connectivity index (χ0n) is 12.7. The smallest absolute Gasteiger partial charge is 0.225 e. The molecular formula is C16H16N4O2. The second-order valence-corrected chi connectivity index (χ2v) is 6.36. The summed E-state index contributed by atoms with van der Waals surface area (Å²) in [5, 5.41) is 2.93. The number of oxazole rings is 1. The van der Waals surface area contributed by atoms with Crippen LogP contribution in [0.3, 0.4) is 0 Å². The average molecular weight is 296 g/mol. The molecule has 0 fully saturated rings. The van der Waals surface area contributed by atoms with E-state index in [9.17, 15) is 4.79 Å². The number of benzene rings is 1. The first-order valence-corrected chi connectivity index (χ1v) is 7.19. The minimum Gasteiger partial charge on any atom is -0.449 e. The molecule has 112 valence electrons. The molecule has 4 rings (SSSR count). The number of carbonyl (C=O) groups is 1. The molecule has 2 aromatic heterocycles. The fourth-order valence-corrected chi connectivity index (χ4v) is 3.00. The Balaban J connectivity index is 1.89. The number of nitrogens with one attached hydrogen (secondary N) is 2. The summed E-state index contributed by atoms with van der Waals surface area (Å²) in [6.45, 7) is 5.95. The number of imidazole rings is 1. The Labute approximate surface area is 127 Å². The SMILES string of the molecule is Cc1nc(-c2nc3cc4c(cc3[nH]2)C(C)(C)CC(=O)N4)co1. The van der Waals surface area contributed by atoms with Crippen LogP contribution in [0, 0.1) is 6.92 Å². The molecule has 0 aliphatic carbocycles. The van der Waals surface area contributed by atoms with Gasteiger partial charge in [-0.05, 0) is 17.7 Å². The van der Waals surface area contributed by atoms with Crippen LogP contribution < -0.4 is 5.32 Å². The van der Waals surface area contributed by atoms with Crippen molar-refractivity contribution in [1.82, 2.24) is 15.0 Å². The third kappa shape index (κ3) is 1.91. The maximum absolute atomic E-state index is 11.8. The number of hydrogen-bond donors (Lipinski definition) is 2. The Bertz CT molecular complexity index is 904. The second-order valence-electron chi connectivity index (χ2n) is 6.36. The number of amides is 1. The van der Waals surface area contributed by atoms with Gasteiger partial charge in [-0.15, -0.1) is 0 Å². The predicted octanol–water partition coefficient (Wildman–Crippen LogP) is 3.15. The molecule has 0 saturated carbocycles. The Morgan fingerprint density at radius 3 is 2.82 bits per heavy atom. The molecule has 0 bridgehead atoms. The lowest BCUT2D eigenvalue weighted by Crippen LogP contribution is -2.32. The van der Waals surface area contributed by atoms with Crippen molar-refractivity contribution >= 4 is 22.6 Å². The normalized spacial score (nSPS) is 16.6. The van der Waals surface area contributed by atoms with Gasteiger partial charge in [-0.3, -0.25) is 4.79 Å². The van der Waals surface area contributed by atoms with Gasteiger partial charge in [0, 0.05) is 24.4 Å². The maximum Gasteiger partial charge on any atom is 0.225 e. The molecule has 6 heteroatoms. The third-order valence-electron chi connectivity index (χ3n) is 4.09. The van der Waals surface area contributed by atoms with Gasteiger partial charge >= 0.3 is 0 Å². The highest BCUT2D eigenvalue weighted by Crippen LogP contribution is 2.39. The highest BCUT2D eigenvalue weighted by atomic mass is 16.3. The van der Waals surface area contributed by atoms with E-state index in [1.54, 1.807) is 13.2 Å². The highest BCUT2D eigenvalue weighted by molar-refractivity contribution is 5.98. The van der Waals surface area contributed by atoms with Gasteiger partial charge in [-0.2, -0.15) is 0 Å². The Morgan fingerprint density at radius 1 is 1.27 bits per heavy atom. The zero-order chi connectivity index (χ0) is 15.5. The summed E-state index contributed by atoms with van der Waals surface area (Å²) in [6, 6.07) is 3.98. The van der Waals surface area contributed by atoms with Crippen molar-refractivity contribution in [2.24, 2.45) is 0 Å². The van der Waals surface area contributed by atoms with Gasteiger partial charge < -0.3 is 14.7 Å². The number of fused-ring (bicyclic) bond motifs is 2. The Hall–Kier alpha value is -2.63. The van der Waals surface area contributed by atoms with E-state index in [1.165, 1.54) is 0 Å². The molecule has 0 unspecified atom stereocenters. The first-order valence-electron chi connectivity index (χ1n) is 7.19. The summed E-state index contributed by atoms with van der Waals surface area (Å²) in [4.78, 5) is 24.0. The number of nitrogens with zero attached hydrogens (tertiary/aromatic N) is 2. The Kier molecular flexibility index (Phi) is 2.49. The lowest BCUT2D eigenvalue weighted by Gasteiger charge is -2.31. The molecule has 0 saturated heterocycles. The van der Waals surface area contributed by atoms with Crippen molar-refractivity contribution in [3.05, 3.63) is 29.9 Å². The van der Waals surface area contributed by atoms with Gasteiger partial charge in [-0.25, -0.2) is 9.97 Å². The molecule has 6 nitrogen and oxygen atoms in total.